The Labute approximate surface area is 125 Å². The molecule has 0 radical (unpaired) electrons. The van der Waals surface area contributed by atoms with Gasteiger partial charge in [-0.2, -0.15) is 0 Å². The molecule has 2 aromatic rings. The van der Waals surface area contributed by atoms with Gasteiger partial charge in [-0.25, -0.2) is 4.39 Å². The number of aryl methyl sites for hydroxylation is 1. The van der Waals surface area contributed by atoms with Crippen molar-refractivity contribution in [2.24, 2.45) is 0 Å². The molecule has 0 unspecified atom stereocenters. The van der Waals surface area contributed by atoms with E-state index in [4.69, 9.17) is 0 Å². The first-order chi connectivity index (χ1) is 10.2. The molecule has 0 atom stereocenters. The number of nitrogens with one attached hydrogen (secondary N) is 1. The van der Waals surface area contributed by atoms with Crippen LogP contribution in [0.3, 0.4) is 0 Å². The minimum Gasteiger partial charge on any atom is -0.381 e. The molecule has 0 aromatic heterocycles. The first kappa shape index (κ1) is 13.9. The summed E-state index contributed by atoms with van der Waals surface area (Å²) >= 11 is 0. The van der Waals surface area contributed by atoms with E-state index in [0.29, 0.717) is 12.1 Å². The zero-order valence-electron chi connectivity index (χ0n) is 12.4. The van der Waals surface area contributed by atoms with Crippen LogP contribution in [0.25, 0.3) is 0 Å². The second-order valence-electron chi connectivity index (χ2n) is 5.68. The Balaban J connectivity index is 1.67. The summed E-state index contributed by atoms with van der Waals surface area (Å²) in [5.74, 6) is -0.144. The number of anilines is 2. The molecule has 0 spiro atoms. The van der Waals surface area contributed by atoms with Crippen LogP contribution in [0.1, 0.15) is 24.0 Å². The number of hydrogen-bond donors (Lipinski definition) is 1. The summed E-state index contributed by atoms with van der Waals surface area (Å²) in [5.41, 5.74) is 4.19. The van der Waals surface area contributed by atoms with Gasteiger partial charge < -0.3 is 10.2 Å². The van der Waals surface area contributed by atoms with Gasteiger partial charge in [0.1, 0.15) is 5.82 Å². The first-order valence-corrected chi connectivity index (χ1v) is 7.56. The molecule has 110 valence electrons. The predicted molar refractivity (Wildman–Crippen MR) is 86.4 cm³/mol. The number of hydrogen-bond acceptors (Lipinski definition) is 2. The summed E-state index contributed by atoms with van der Waals surface area (Å²) in [6, 6.07) is 13.8. The van der Waals surface area contributed by atoms with Crippen molar-refractivity contribution >= 4 is 11.4 Å². The normalized spacial score (nSPS) is 14.5. The van der Waals surface area contributed by atoms with Gasteiger partial charge in [0.05, 0.1) is 0 Å². The zero-order valence-corrected chi connectivity index (χ0v) is 12.4. The fourth-order valence-corrected chi connectivity index (χ4v) is 2.81. The van der Waals surface area contributed by atoms with Crippen molar-refractivity contribution in [1.29, 1.82) is 0 Å². The Morgan fingerprint density at radius 3 is 2.67 bits per heavy atom. The molecule has 0 bridgehead atoms. The second kappa shape index (κ2) is 6.17. The molecular formula is C18H21FN2. The summed E-state index contributed by atoms with van der Waals surface area (Å²) in [6.07, 6.45) is 2.57. The molecule has 1 heterocycles. The van der Waals surface area contributed by atoms with E-state index in [1.807, 2.05) is 12.1 Å². The number of nitrogens with zero attached hydrogens (tertiary/aromatic N) is 1. The SMILES string of the molecule is Cc1cc(CNc2cccc(N3CCCC3)c2)ccc1F. The van der Waals surface area contributed by atoms with Crippen molar-refractivity contribution in [3.63, 3.8) is 0 Å². The molecule has 1 aliphatic rings. The third-order valence-corrected chi connectivity index (χ3v) is 4.04. The lowest BCUT2D eigenvalue weighted by Crippen LogP contribution is -2.17. The second-order valence-corrected chi connectivity index (χ2v) is 5.68. The third kappa shape index (κ3) is 3.35. The lowest BCUT2D eigenvalue weighted by molar-refractivity contribution is 0.617. The van der Waals surface area contributed by atoms with Crippen LogP contribution in [0.4, 0.5) is 15.8 Å². The lowest BCUT2D eigenvalue weighted by Gasteiger charge is -2.18. The molecule has 0 aliphatic carbocycles. The Morgan fingerprint density at radius 2 is 1.90 bits per heavy atom. The summed E-state index contributed by atoms with van der Waals surface area (Å²) in [4.78, 5) is 2.42. The van der Waals surface area contributed by atoms with Crippen LogP contribution in [-0.2, 0) is 6.54 Å². The average Bonchev–Trinajstić information content (AvgIpc) is 3.03. The third-order valence-electron chi connectivity index (χ3n) is 4.04. The highest BCUT2D eigenvalue weighted by atomic mass is 19.1. The molecule has 1 aliphatic heterocycles. The number of benzene rings is 2. The van der Waals surface area contributed by atoms with Gasteiger partial charge in [-0.05, 0) is 55.2 Å². The molecule has 1 N–H and O–H groups in total. The van der Waals surface area contributed by atoms with Gasteiger partial charge in [0.2, 0.25) is 0 Å². The highest BCUT2D eigenvalue weighted by Crippen LogP contribution is 2.23. The fraction of sp³-hybridized carbons (Fsp3) is 0.333. The number of halogens is 1. The molecule has 1 fully saturated rings. The fourth-order valence-electron chi connectivity index (χ4n) is 2.81. The van der Waals surface area contributed by atoms with E-state index in [-0.39, 0.29) is 5.82 Å². The standard InChI is InChI=1S/C18H21FN2/c1-14-11-15(7-8-18(14)19)13-20-16-5-4-6-17(12-16)21-9-2-3-10-21/h4-8,11-12,20H,2-3,9-10,13H2,1H3. The predicted octanol–water partition coefficient (Wildman–Crippen LogP) is 4.35. The zero-order chi connectivity index (χ0) is 14.7. The number of rotatable bonds is 4. The van der Waals surface area contributed by atoms with Crippen LogP contribution in [0.15, 0.2) is 42.5 Å². The topological polar surface area (TPSA) is 15.3 Å². The van der Waals surface area contributed by atoms with E-state index in [1.54, 1.807) is 6.92 Å². The summed E-state index contributed by atoms with van der Waals surface area (Å²) in [6.45, 7) is 4.82. The molecule has 0 saturated carbocycles. The van der Waals surface area contributed by atoms with Crippen LogP contribution < -0.4 is 10.2 Å². The molecule has 0 amide bonds. The maximum Gasteiger partial charge on any atom is 0.126 e. The van der Waals surface area contributed by atoms with Gasteiger partial charge >= 0.3 is 0 Å². The lowest BCUT2D eigenvalue weighted by atomic mass is 10.1. The van der Waals surface area contributed by atoms with E-state index in [2.05, 4.69) is 34.5 Å². The Morgan fingerprint density at radius 1 is 1.10 bits per heavy atom. The first-order valence-electron chi connectivity index (χ1n) is 7.56. The molecule has 2 aromatic carbocycles. The van der Waals surface area contributed by atoms with Crippen LogP contribution in [0, 0.1) is 12.7 Å². The highest BCUT2D eigenvalue weighted by Gasteiger charge is 2.12. The van der Waals surface area contributed by atoms with E-state index in [9.17, 15) is 4.39 Å². The van der Waals surface area contributed by atoms with E-state index in [0.717, 1.165) is 24.3 Å². The minimum atomic E-state index is -0.144. The quantitative estimate of drug-likeness (QED) is 0.898. The average molecular weight is 284 g/mol. The largest absolute Gasteiger partial charge is 0.381 e. The maximum absolute atomic E-state index is 13.3. The van der Waals surface area contributed by atoms with Crippen molar-refractivity contribution in [2.75, 3.05) is 23.3 Å². The van der Waals surface area contributed by atoms with Crippen molar-refractivity contribution in [3.8, 4) is 0 Å². The summed E-state index contributed by atoms with van der Waals surface area (Å²) < 4.78 is 13.3. The van der Waals surface area contributed by atoms with Crippen LogP contribution in [-0.4, -0.2) is 13.1 Å². The molecular weight excluding hydrogens is 263 g/mol. The Kier molecular flexibility index (Phi) is 4.09. The van der Waals surface area contributed by atoms with Gasteiger partial charge in [0.25, 0.3) is 0 Å². The molecule has 21 heavy (non-hydrogen) atoms. The highest BCUT2D eigenvalue weighted by molar-refractivity contribution is 5.58. The van der Waals surface area contributed by atoms with Gasteiger partial charge in [0.15, 0.2) is 0 Å². The van der Waals surface area contributed by atoms with Crippen LogP contribution >= 0.6 is 0 Å². The Bertz CT molecular complexity index is 618. The van der Waals surface area contributed by atoms with Gasteiger partial charge in [0, 0.05) is 31.0 Å². The van der Waals surface area contributed by atoms with Gasteiger partial charge in [-0.1, -0.05) is 18.2 Å². The molecule has 3 rings (SSSR count). The molecule has 3 heteroatoms. The van der Waals surface area contributed by atoms with E-state index in [1.165, 1.54) is 24.6 Å². The Hall–Kier alpha value is -2.03. The molecule has 2 nitrogen and oxygen atoms in total. The van der Waals surface area contributed by atoms with Crippen molar-refractivity contribution in [1.82, 2.24) is 0 Å². The smallest absolute Gasteiger partial charge is 0.126 e. The van der Waals surface area contributed by atoms with Crippen LogP contribution in [0.5, 0.6) is 0 Å². The molecule has 1 saturated heterocycles. The van der Waals surface area contributed by atoms with Crippen molar-refractivity contribution in [2.45, 2.75) is 26.3 Å². The minimum absolute atomic E-state index is 0.144. The van der Waals surface area contributed by atoms with E-state index < -0.39 is 0 Å². The summed E-state index contributed by atoms with van der Waals surface area (Å²) in [5, 5.41) is 3.42. The van der Waals surface area contributed by atoms with Gasteiger partial charge in [-0.15, -0.1) is 0 Å². The van der Waals surface area contributed by atoms with Gasteiger partial charge in [-0.3, -0.25) is 0 Å². The monoisotopic (exact) mass is 284 g/mol. The van der Waals surface area contributed by atoms with Crippen molar-refractivity contribution in [3.05, 3.63) is 59.4 Å². The summed E-state index contributed by atoms with van der Waals surface area (Å²) in [7, 11) is 0. The van der Waals surface area contributed by atoms with Crippen molar-refractivity contribution < 1.29 is 4.39 Å². The van der Waals surface area contributed by atoms with E-state index >= 15 is 0 Å². The van der Waals surface area contributed by atoms with Crippen LogP contribution in [0.2, 0.25) is 0 Å². The maximum atomic E-state index is 13.3.